The van der Waals surface area contributed by atoms with Crippen molar-refractivity contribution >= 4 is 17.5 Å². The lowest BCUT2D eigenvalue weighted by molar-refractivity contribution is -0.124. The predicted octanol–water partition coefficient (Wildman–Crippen LogP) is 4.06. The summed E-state index contributed by atoms with van der Waals surface area (Å²) >= 11 is 0. The highest BCUT2D eigenvalue weighted by Crippen LogP contribution is 2.61. The number of carbonyl (C=O) groups is 2. The molecule has 1 atom stereocenters. The van der Waals surface area contributed by atoms with Crippen molar-refractivity contribution in [1.29, 1.82) is 0 Å². The molecule has 4 saturated carbocycles. The Hall–Kier alpha value is -2.04. The molecule has 1 aromatic carbocycles. The molecule has 6 rings (SSSR count). The average Bonchev–Trinajstić information content (AvgIpc) is 3.26. The maximum absolute atomic E-state index is 12.7. The molecule has 1 unspecified atom stereocenters. The average molecular weight is 410 g/mol. The first-order chi connectivity index (χ1) is 14.5. The number of nitrogens with one attached hydrogen (secondary N) is 2. The fourth-order valence-corrected chi connectivity index (χ4v) is 7.20. The van der Waals surface area contributed by atoms with Crippen molar-refractivity contribution < 1.29 is 9.59 Å². The van der Waals surface area contributed by atoms with Crippen LogP contribution in [-0.2, 0) is 4.79 Å². The highest BCUT2D eigenvalue weighted by atomic mass is 16.2. The van der Waals surface area contributed by atoms with Gasteiger partial charge >= 0.3 is 0 Å². The Kier molecular flexibility index (Phi) is 5.24. The smallest absolute Gasteiger partial charge is 0.253 e. The molecule has 30 heavy (non-hydrogen) atoms. The second kappa shape index (κ2) is 7.90. The maximum atomic E-state index is 12.7. The molecule has 1 aromatic rings. The summed E-state index contributed by atoms with van der Waals surface area (Å²) in [6, 6.07) is 7.79. The lowest BCUT2D eigenvalue weighted by atomic mass is 9.48. The molecule has 1 aliphatic heterocycles. The highest BCUT2D eigenvalue weighted by Gasteiger charge is 2.53. The van der Waals surface area contributed by atoms with Crippen LogP contribution in [0.1, 0.15) is 68.6 Å². The molecule has 162 valence electrons. The van der Waals surface area contributed by atoms with Gasteiger partial charge in [0.2, 0.25) is 5.91 Å². The second-order valence-electron chi connectivity index (χ2n) is 10.5. The third-order valence-electron chi connectivity index (χ3n) is 8.34. The van der Waals surface area contributed by atoms with E-state index in [-0.39, 0.29) is 24.4 Å². The van der Waals surface area contributed by atoms with Gasteiger partial charge in [0.25, 0.3) is 5.91 Å². The first-order valence-corrected chi connectivity index (χ1v) is 11.9. The molecule has 5 nitrogen and oxygen atoms in total. The third-order valence-corrected chi connectivity index (χ3v) is 8.34. The van der Waals surface area contributed by atoms with Crippen molar-refractivity contribution in [3.05, 3.63) is 29.8 Å². The minimum Gasteiger partial charge on any atom is -0.376 e. The van der Waals surface area contributed by atoms with Crippen molar-refractivity contribution in [3.63, 3.8) is 0 Å². The van der Waals surface area contributed by atoms with Crippen LogP contribution in [-0.4, -0.2) is 42.4 Å². The Morgan fingerprint density at radius 3 is 2.33 bits per heavy atom. The van der Waals surface area contributed by atoms with E-state index in [1.807, 2.05) is 29.2 Å². The number of carbonyl (C=O) groups excluding carboxylic acids is 2. The number of benzene rings is 1. The highest BCUT2D eigenvalue weighted by molar-refractivity contribution is 5.95. The fraction of sp³-hybridized carbons (Fsp3) is 0.680. The van der Waals surface area contributed by atoms with Gasteiger partial charge in [0.05, 0.1) is 6.54 Å². The van der Waals surface area contributed by atoms with Gasteiger partial charge < -0.3 is 15.5 Å². The lowest BCUT2D eigenvalue weighted by Crippen LogP contribution is -2.56. The Balaban J connectivity index is 1.16. The zero-order valence-corrected chi connectivity index (χ0v) is 18.2. The van der Waals surface area contributed by atoms with Crippen LogP contribution < -0.4 is 10.6 Å². The summed E-state index contributed by atoms with van der Waals surface area (Å²) in [6.45, 7) is 4.17. The topological polar surface area (TPSA) is 61.4 Å². The SMILES string of the molecule is CC(NC(=O)CNc1cccc(C(=O)N2CCCC2)c1)C12CC3CC(CC(C3)C1)C2. The van der Waals surface area contributed by atoms with E-state index >= 15 is 0 Å². The van der Waals surface area contributed by atoms with E-state index in [1.54, 1.807) is 0 Å². The van der Waals surface area contributed by atoms with Crippen LogP contribution in [0.3, 0.4) is 0 Å². The number of amides is 2. The van der Waals surface area contributed by atoms with Gasteiger partial charge in [-0.15, -0.1) is 0 Å². The van der Waals surface area contributed by atoms with Crippen LogP contribution in [0.15, 0.2) is 24.3 Å². The first kappa shape index (κ1) is 19.9. The standard InChI is InChI=1S/C25H35N3O2/c1-17(25-13-18-9-19(14-25)11-20(10-18)15-25)27-23(29)16-26-22-6-4-5-21(12-22)24(30)28-7-2-3-8-28/h4-6,12,17-20,26H,2-3,7-11,13-16H2,1H3,(H,27,29). The molecular formula is C25H35N3O2. The van der Waals surface area contributed by atoms with Gasteiger partial charge in [-0.1, -0.05) is 6.07 Å². The van der Waals surface area contributed by atoms with Gasteiger partial charge in [0, 0.05) is 30.4 Å². The van der Waals surface area contributed by atoms with E-state index < -0.39 is 0 Å². The summed E-state index contributed by atoms with van der Waals surface area (Å²) in [5.74, 6) is 2.82. The van der Waals surface area contributed by atoms with Crippen LogP contribution in [0.5, 0.6) is 0 Å². The summed E-state index contributed by atoms with van der Waals surface area (Å²) in [7, 11) is 0. The monoisotopic (exact) mass is 409 g/mol. The first-order valence-electron chi connectivity index (χ1n) is 11.9. The minimum absolute atomic E-state index is 0.0505. The number of hydrogen-bond acceptors (Lipinski definition) is 3. The van der Waals surface area contributed by atoms with Gasteiger partial charge in [-0.05, 0) is 99.7 Å². The van der Waals surface area contributed by atoms with Crippen LogP contribution in [0.25, 0.3) is 0 Å². The van der Waals surface area contributed by atoms with Crippen molar-refractivity contribution in [2.45, 2.75) is 64.3 Å². The number of hydrogen-bond donors (Lipinski definition) is 2. The number of nitrogens with zero attached hydrogens (tertiary/aromatic N) is 1. The van der Waals surface area contributed by atoms with Crippen molar-refractivity contribution in [2.24, 2.45) is 23.2 Å². The molecular weight excluding hydrogens is 374 g/mol. The fourth-order valence-electron chi connectivity index (χ4n) is 7.20. The molecule has 2 amide bonds. The number of likely N-dealkylation sites (tertiary alicyclic amines) is 1. The van der Waals surface area contributed by atoms with Crippen LogP contribution in [0, 0.1) is 23.2 Å². The van der Waals surface area contributed by atoms with E-state index in [4.69, 9.17) is 0 Å². The molecule has 5 aliphatic rings. The van der Waals surface area contributed by atoms with E-state index in [0.29, 0.717) is 11.0 Å². The quantitative estimate of drug-likeness (QED) is 0.745. The minimum atomic E-state index is 0.0505. The number of rotatable bonds is 6. The molecule has 4 bridgehead atoms. The van der Waals surface area contributed by atoms with E-state index in [9.17, 15) is 9.59 Å². The molecule has 1 heterocycles. The van der Waals surface area contributed by atoms with Crippen molar-refractivity contribution in [1.82, 2.24) is 10.2 Å². The predicted molar refractivity (Wildman–Crippen MR) is 118 cm³/mol. The summed E-state index contributed by atoms with van der Waals surface area (Å²) < 4.78 is 0. The van der Waals surface area contributed by atoms with Crippen LogP contribution in [0.4, 0.5) is 5.69 Å². The molecule has 5 fully saturated rings. The second-order valence-corrected chi connectivity index (χ2v) is 10.5. The number of anilines is 1. The van der Waals surface area contributed by atoms with Gasteiger partial charge in [0.15, 0.2) is 0 Å². The Labute approximate surface area is 180 Å². The van der Waals surface area contributed by atoms with Crippen molar-refractivity contribution in [2.75, 3.05) is 25.0 Å². The van der Waals surface area contributed by atoms with E-state index in [0.717, 1.165) is 49.4 Å². The summed E-state index contributed by atoms with van der Waals surface area (Å²) in [4.78, 5) is 27.2. The molecule has 1 saturated heterocycles. The summed E-state index contributed by atoms with van der Waals surface area (Å²) in [5, 5.41) is 6.54. The van der Waals surface area contributed by atoms with E-state index in [1.165, 1.54) is 38.5 Å². The van der Waals surface area contributed by atoms with E-state index in [2.05, 4.69) is 17.6 Å². The molecule has 0 spiro atoms. The van der Waals surface area contributed by atoms with Gasteiger partial charge in [-0.25, -0.2) is 0 Å². The van der Waals surface area contributed by atoms with Crippen molar-refractivity contribution in [3.8, 4) is 0 Å². The normalized spacial score (nSPS) is 32.8. The van der Waals surface area contributed by atoms with Crippen LogP contribution >= 0.6 is 0 Å². The molecule has 2 N–H and O–H groups in total. The third kappa shape index (κ3) is 3.83. The van der Waals surface area contributed by atoms with Gasteiger partial charge in [-0.3, -0.25) is 9.59 Å². The Bertz CT molecular complexity index is 779. The zero-order valence-electron chi connectivity index (χ0n) is 18.2. The largest absolute Gasteiger partial charge is 0.376 e. The molecule has 0 aromatic heterocycles. The summed E-state index contributed by atoms with van der Waals surface area (Å²) in [6.07, 6.45) is 10.4. The van der Waals surface area contributed by atoms with Crippen LogP contribution in [0.2, 0.25) is 0 Å². The zero-order chi connectivity index (χ0) is 20.7. The van der Waals surface area contributed by atoms with Gasteiger partial charge in [-0.2, -0.15) is 0 Å². The maximum Gasteiger partial charge on any atom is 0.253 e. The molecule has 0 radical (unpaired) electrons. The summed E-state index contributed by atoms with van der Waals surface area (Å²) in [5.41, 5.74) is 1.86. The molecule has 4 aliphatic carbocycles. The molecule has 5 heteroatoms. The Morgan fingerprint density at radius 1 is 1.07 bits per heavy atom. The lowest BCUT2D eigenvalue weighted by Gasteiger charge is -2.59. The van der Waals surface area contributed by atoms with Gasteiger partial charge in [0.1, 0.15) is 0 Å². The Morgan fingerprint density at radius 2 is 1.70 bits per heavy atom.